The zero-order valence-electron chi connectivity index (χ0n) is 63.6. The van der Waals surface area contributed by atoms with Gasteiger partial charge in [0.2, 0.25) is 0 Å². The molecule has 0 fully saturated rings. The summed E-state index contributed by atoms with van der Waals surface area (Å²) in [4.78, 5) is 44.0. The average Bonchev–Trinajstić information content (AvgIpc) is 1.67. The van der Waals surface area contributed by atoms with Gasteiger partial charge in [-0.05, 0) is 157 Å². The molecule has 3 radical (unpaired) electrons. The number of hydrogen-bond donors (Lipinski definition) is 3. The second-order valence-electron chi connectivity index (χ2n) is 26.3. The van der Waals surface area contributed by atoms with Crippen molar-refractivity contribution in [1.82, 2.24) is 15.0 Å². The van der Waals surface area contributed by atoms with Gasteiger partial charge in [0.1, 0.15) is 17.3 Å². The maximum Gasteiger partial charge on any atom is 0.155 e. The van der Waals surface area contributed by atoms with Crippen LogP contribution in [0.3, 0.4) is 0 Å². The quantitative estimate of drug-likeness (QED) is 0.0597. The number of rotatable bonds is 12. The van der Waals surface area contributed by atoms with Gasteiger partial charge < -0.3 is 43.5 Å². The standard InChI is InChI=1S/C28H22NO.C27H20NO.C26H18NO.3C5H8O2.3Ir/c1-18-12-19(2)28(20(3)13-18)26-16-24-15-25(29-17-27(24)30-26)23-11-7-10-22(14-23)21-8-5-4-6-9-21;1-18-8-6-9-19(2)27(18)25-16-23-15-24(28-17-26(23)29-25)22-13-7-12-21(14-22)20-10-4-3-5-11-20;1-18-10-12-20(13-11-18)25-16-23-15-24(27-17-26(23)28-25)22-9-5-8-21(14-22)19-6-3-2-4-7-19;3*1-4(6)3-5(2)7;;;/h4-10,12-17H,1-3H3;3-12,14-17H,1-2H3;2-8,10-17H,1H3;3*3,6H,1-2H3;;;/q3*-1;;;;;;. The van der Waals surface area contributed by atoms with Gasteiger partial charge >= 0.3 is 0 Å². The summed E-state index contributed by atoms with van der Waals surface area (Å²) in [6.45, 7) is 21.2. The van der Waals surface area contributed by atoms with Crippen molar-refractivity contribution in [2.24, 2.45) is 0 Å². The molecule has 0 atom stereocenters. The van der Waals surface area contributed by atoms with Crippen LogP contribution < -0.4 is 0 Å². The van der Waals surface area contributed by atoms with Crippen LogP contribution in [0.25, 0.3) is 134 Å². The topological polar surface area (TPSA) is 190 Å². The minimum atomic E-state index is -0.125. The average molecular weight is 2000 g/mol. The van der Waals surface area contributed by atoms with Crippen LogP contribution in [0.1, 0.15) is 74.9 Å². The van der Waals surface area contributed by atoms with E-state index >= 15 is 0 Å². The monoisotopic (exact) mass is 2000 g/mol. The molecule has 15 heteroatoms. The van der Waals surface area contributed by atoms with Gasteiger partial charge in [-0.2, -0.15) is 0 Å². The summed E-state index contributed by atoms with van der Waals surface area (Å²) in [5, 5.41) is 28.2. The summed E-state index contributed by atoms with van der Waals surface area (Å²) in [6, 6.07) is 91.1. The summed E-state index contributed by atoms with van der Waals surface area (Å²) in [6.07, 6.45) is 8.92. The molecule has 6 heterocycles. The van der Waals surface area contributed by atoms with Gasteiger partial charge in [0.25, 0.3) is 0 Å². The number of aliphatic hydroxyl groups is 3. The van der Waals surface area contributed by atoms with Gasteiger partial charge in [-0.15, -0.1) is 106 Å². The number of carbonyl (C=O) groups is 3. The molecule has 3 N–H and O–H groups in total. The largest absolute Gasteiger partial charge is 0.512 e. The van der Waals surface area contributed by atoms with Gasteiger partial charge in [-0.25, -0.2) is 0 Å². The summed E-state index contributed by atoms with van der Waals surface area (Å²) < 4.78 is 18.3. The molecule has 0 bridgehead atoms. The summed E-state index contributed by atoms with van der Waals surface area (Å²) in [5.74, 6) is 2.45. The molecule has 15 aromatic rings. The molecule has 0 saturated carbocycles. The molecule has 0 spiro atoms. The molecule has 9 aromatic carbocycles. The van der Waals surface area contributed by atoms with Crippen molar-refractivity contribution in [3.05, 3.63) is 342 Å². The Balaban J connectivity index is 0.000000202. The van der Waals surface area contributed by atoms with Crippen LogP contribution in [0.5, 0.6) is 0 Å². The van der Waals surface area contributed by atoms with Crippen molar-refractivity contribution in [3.8, 4) is 101 Å². The van der Waals surface area contributed by atoms with Crippen LogP contribution in [-0.2, 0) is 74.7 Å². The molecule has 0 unspecified atom stereocenters. The van der Waals surface area contributed by atoms with E-state index in [1.807, 2.05) is 60.9 Å². The van der Waals surface area contributed by atoms with Crippen molar-refractivity contribution in [3.63, 3.8) is 0 Å². The van der Waals surface area contributed by atoms with Crippen molar-refractivity contribution >= 4 is 50.3 Å². The maximum atomic E-state index is 10.0. The molecular weight excluding hydrogens is 1920 g/mol. The molecule has 15 rings (SSSR count). The van der Waals surface area contributed by atoms with Crippen LogP contribution in [0.4, 0.5) is 0 Å². The minimum absolute atomic E-state index is 0. The summed E-state index contributed by atoms with van der Waals surface area (Å²) >= 11 is 0. The molecule has 0 aliphatic heterocycles. The Morgan fingerprint density at radius 1 is 0.315 bits per heavy atom. The Morgan fingerprint density at radius 2 is 0.622 bits per heavy atom. The number of pyridine rings is 3. The third-order valence-corrected chi connectivity index (χ3v) is 17.0. The number of furan rings is 3. The molecule has 0 saturated heterocycles. The van der Waals surface area contributed by atoms with Gasteiger partial charge in [-0.1, -0.05) is 175 Å². The number of hydrogen-bond acceptors (Lipinski definition) is 12. The van der Waals surface area contributed by atoms with Gasteiger partial charge in [0, 0.05) is 111 Å². The Labute approximate surface area is 689 Å². The zero-order valence-corrected chi connectivity index (χ0v) is 70.8. The number of ketones is 3. The molecule has 0 aliphatic carbocycles. The minimum Gasteiger partial charge on any atom is -0.512 e. The van der Waals surface area contributed by atoms with Crippen molar-refractivity contribution < 1.29 is 103 Å². The zero-order chi connectivity index (χ0) is 77.0. The van der Waals surface area contributed by atoms with Crippen molar-refractivity contribution in [1.29, 1.82) is 0 Å². The van der Waals surface area contributed by atoms with Crippen LogP contribution in [0.2, 0.25) is 0 Å². The Kier molecular flexibility index (Phi) is 32.4. The number of aliphatic hydroxyl groups excluding tert-OH is 3. The number of aryl methyl sites for hydroxylation is 6. The first-order valence-electron chi connectivity index (χ1n) is 35.2. The van der Waals surface area contributed by atoms with Crippen LogP contribution >= 0.6 is 0 Å². The SMILES string of the molecule is CC(=O)C=C(C)O.CC(=O)C=C(C)O.CC(=O)C=C(C)O.Cc1cc(C)c(-c2cc3cc(-c4[c-]ccc(-c5ccccc5)c4)ncc3o2)c(C)c1.Cc1ccc(-c2cc3cc(-c4[c-]ccc(-c5ccccc5)c4)ncc3o2)cc1.Cc1cccc(C)c1-c1cc2cc(-c3[c-]ccc(-c4ccccc4)c3)ncc2o1.[Ir].[Ir].[Ir]. The van der Waals surface area contributed by atoms with E-state index in [9.17, 15) is 14.4 Å². The molecule has 12 nitrogen and oxygen atoms in total. The fourth-order valence-electron chi connectivity index (χ4n) is 12.3. The fraction of sp³-hybridized carbons (Fsp3) is 0.125. The van der Waals surface area contributed by atoms with Crippen LogP contribution in [0.15, 0.2) is 304 Å². The molecule has 567 valence electrons. The van der Waals surface area contributed by atoms with E-state index in [4.69, 9.17) is 28.6 Å². The van der Waals surface area contributed by atoms with Crippen molar-refractivity contribution in [2.75, 3.05) is 0 Å². The van der Waals surface area contributed by atoms with Gasteiger partial charge in [0.05, 0.1) is 35.9 Å². The van der Waals surface area contributed by atoms with E-state index in [2.05, 4.69) is 263 Å². The maximum absolute atomic E-state index is 10.0. The summed E-state index contributed by atoms with van der Waals surface area (Å²) in [7, 11) is 0. The normalized spacial score (nSPS) is 10.9. The van der Waals surface area contributed by atoms with Gasteiger partial charge in [0.15, 0.2) is 34.1 Å². The Hall–Kier alpha value is -11.4. The molecule has 0 aliphatic rings. The van der Waals surface area contributed by atoms with Crippen LogP contribution in [0, 0.1) is 59.7 Å². The smallest absolute Gasteiger partial charge is 0.155 e. The number of carbonyl (C=O) groups excluding carboxylic acids is 3. The third-order valence-electron chi connectivity index (χ3n) is 17.0. The van der Waals surface area contributed by atoms with E-state index < -0.39 is 0 Å². The molecule has 111 heavy (non-hydrogen) atoms. The number of fused-ring (bicyclic) bond motifs is 3. The predicted molar refractivity (Wildman–Crippen MR) is 437 cm³/mol. The van der Waals surface area contributed by atoms with E-state index in [1.165, 1.54) is 110 Å². The number of nitrogens with zero attached hydrogens (tertiary/aromatic N) is 3. The molecular formula is C96H84Ir3N3O9-3. The fourth-order valence-corrected chi connectivity index (χ4v) is 12.3. The second kappa shape index (κ2) is 41.4. The van der Waals surface area contributed by atoms with Crippen molar-refractivity contribution in [2.45, 2.75) is 83.1 Å². The van der Waals surface area contributed by atoms with E-state index in [-0.39, 0.29) is 94.9 Å². The van der Waals surface area contributed by atoms with Crippen LogP contribution in [-0.4, -0.2) is 47.6 Å². The first-order valence-corrected chi connectivity index (χ1v) is 35.2. The first kappa shape index (κ1) is 86.9. The number of benzene rings is 9. The summed E-state index contributed by atoms with van der Waals surface area (Å²) in [5.41, 5.74) is 25.8. The number of aromatic nitrogens is 3. The predicted octanol–water partition coefficient (Wildman–Crippen LogP) is 24.8. The Morgan fingerprint density at radius 3 is 0.928 bits per heavy atom. The molecule has 0 amide bonds. The second-order valence-corrected chi connectivity index (χ2v) is 26.3. The van der Waals surface area contributed by atoms with E-state index in [0.29, 0.717) is 0 Å². The Bertz CT molecular complexity index is 5640. The third kappa shape index (κ3) is 24.6. The first-order chi connectivity index (χ1) is 51.9. The van der Waals surface area contributed by atoms with E-state index in [0.717, 1.165) is 117 Å². The van der Waals surface area contributed by atoms with E-state index in [1.54, 1.807) is 6.20 Å². The molecule has 6 aromatic heterocycles. The van der Waals surface area contributed by atoms with Gasteiger partial charge in [-0.3, -0.25) is 14.4 Å². The number of allylic oxidation sites excluding steroid dienone is 6.